The second-order valence-electron chi connectivity index (χ2n) is 24.0. The maximum absolute atomic E-state index is 14.4. The Kier molecular flexibility index (Phi) is 23.0. The van der Waals surface area contributed by atoms with Crippen LogP contribution in [0.2, 0.25) is 5.02 Å². The monoisotopic (exact) mass is 1320 g/mol. The molecule has 0 spiro atoms. The summed E-state index contributed by atoms with van der Waals surface area (Å²) in [5.74, 6) is -4.71. The number of ether oxygens (including phenoxy) is 5. The van der Waals surface area contributed by atoms with Crippen LogP contribution < -0.4 is 10.2 Å². The Morgan fingerprint density at radius 1 is 0.826 bits per heavy atom. The Bertz CT molecular complexity index is 3320. The average Bonchev–Trinajstić information content (AvgIpc) is 1.41. The molecule has 4 saturated heterocycles. The van der Waals surface area contributed by atoms with Crippen molar-refractivity contribution < 1.29 is 77.4 Å². The molecular formula is C68H80ClN5O16S2. The normalized spacial score (nSPS) is 26.6. The number of alkyl carbamates (subject to hydrolysis) is 1. The van der Waals surface area contributed by atoms with Gasteiger partial charge in [0.2, 0.25) is 35.4 Å². The van der Waals surface area contributed by atoms with Crippen LogP contribution in [0.5, 0.6) is 0 Å². The van der Waals surface area contributed by atoms with Gasteiger partial charge in [0, 0.05) is 57.4 Å². The van der Waals surface area contributed by atoms with Crippen LogP contribution in [0.3, 0.4) is 0 Å². The minimum absolute atomic E-state index is 0.00420. The first-order valence-electron chi connectivity index (χ1n) is 30.8. The van der Waals surface area contributed by atoms with Crippen molar-refractivity contribution in [2.24, 2.45) is 11.8 Å². The van der Waals surface area contributed by atoms with E-state index in [2.05, 4.69) is 5.32 Å². The summed E-state index contributed by atoms with van der Waals surface area (Å²) >= 11 is 9.41. The summed E-state index contributed by atoms with van der Waals surface area (Å²) in [6.45, 7) is 6.18. The number of likely N-dealkylation sites (N-methyl/N-ethyl adjacent to an activating group) is 1. The number of rotatable bonds is 23. The Morgan fingerprint density at radius 3 is 1.96 bits per heavy atom. The highest BCUT2D eigenvalue weighted by molar-refractivity contribution is 8.02. The molecule has 9 rings (SSSR count). The number of halogens is 1. The first kappa shape index (κ1) is 69.4. The number of epoxide rings is 1. The van der Waals surface area contributed by atoms with Crippen LogP contribution >= 0.6 is 35.1 Å². The van der Waals surface area contributed by atoms with Gasteiger partial charge >= 0.3 is 12.1 Å². The number of carbonyl (C=O) groups excluding carboxylic acids is 8. The number of likely N-dealkylation sites (tertiary alicyclic amines) is 2. The van der Waals surface area contributed by atoms with Gasteiger partial charge in [0.05, 0.1) is 91.2 Å². The summed E-state index contributed by atoms with van der Waals surface area (Å²) in [7, 11) is 2.93. The third-order valence-corrected chi connectivity index (χ3v) is 21.3. The number of hydrogen-bond donors (Lipinski definition) is 4. The van der Waals surface area contributed by atoms with E-state index in [-0.39, 0.29) is 99.4 Å². The van der Waals surface area contributed by atoms with E-state index in [1.807, 2.05) is 97.9 Å². The van der Waals surface area contributed by atoms with E-state index in [1.54, 1.807) is 44.2 Å². The van der Waals surface area contributed by atoms with E-state index >= 15 is 0 Å². The van der Waals surface area contributed by atoms with Gasteiger partial charge in [-0.05, 0) is 61.1 Å². The van der Waals surface area contributed by atoms with Crippen LogP contribution in [-0.2, 0) is 75.0 Å². The summed E-state index contributed by atoms with van der Waals surface area (Å²) in [5, 5.41) is 33.8. The number of nitrogens with one attached hydrogen (secondary N) is 1. The van der Waals surface area contributed by atoms with Crippen LogP contribution in [0, 0.1) is 11.8 Å². The molecule has 0 aliphatic carbocycles. The van der Waals surface area contributed by atoms with E-state index in [9.17, 15) is 53.7 Å². The smallest absolute Gasteiger partial charge is 0.409 e. The lowest BCUT2D eigenvalue weighted by molar-refractivity contribution is -0.162. The number of nitrogens with zero attached hydrogens (tertiary/aromatic N) is 4. The molecule has 0 aromatic heterocycles. The van der Waals surface area contributed by atoms with Crippen LogP contribution in [0.4, 0.5) is 10.5 Å². The lowest BCUT2D eigenvalue weighted by Gasteiger charge is -2.42. The number of esters is 1. The van der Waals surface area contributed by atoms with Crippen molar-refractivity contribution in [2.45, 2.75) is 124 Å². The molecule has 0 radical (unpaired) electrons. The van der Waals surface area contributed by atoms with Gasteiger partial charge in [-0.15, -0.1) is 23.5 Å². The highest BCUT2D eigenvalue weighted by Gasteiger charge is 2.64. The maximum atomic E-state index is 14.4. The van der Waals surface area contributed by atoms with Gasteiger partial charge in [0.15, 0.2) is 5.72 Å². The molecule has 5 heterocycles. The molecule has 4 N–H and O–H groups in total. The maximum Gasteiger partial charge on any atom is 0.409 e. The fourth-order valence-electron chi connectivity index (χ4n) is 12.3. The molecule has 2 unspecified atom stereocenters. The topological polar surface area (TPSA) is 272 Å². The second kappa shape index (κ2) is 30.4. The number of fused-ring (bicyclic) bond motifs is 5. The number of aliphatic hydroxyl groups is 3. The number of amides is 7. The van der Waals surface area contributed by atoms with Crippen molar-refractivity contribution in [1.29, 1.82) is 0 Å². The zero-order valence-corrected chi connectivity index (χ0v) is 54.8. The minimum atomic E-state index is -1.93. The fraction of sp³-hybridized carbons (Fsp3) is 0.471. The molecule has 7 amide bonds. The molecule has 5 aliphatic rings. The van der Waals surface area contributed by atoms with Crippen molar-refractivity contribution in [3.8, 4) is 0 Å². The Balaban J connectivity index is 0.741. The molecule has 21 nitrogen and oxygen atoms in total. The molecule has 4 aromatic rings. The first-order chi connectivity index (χ1) is 44.0. The van der Waals surface area contributed by atoms with Crippen LogP contribution in [0.15, 0.2) is 127 Å². The zero-order chi connectivity index (χ0) is 66.1. The first-order valence-corrected chi connectivity index (χ1v) is 33.1. The molecule has 10 atom stereocenters. The second-order valence-corrected chi connectivity index (χ2v) is 27.2. The van der Waals surface area contributed by atoms with E-state index < -0.39 is 112 Å². The Morgan fingerprint density at radius 2 is 1.39 bits per heavy atom. The lowest BCUT2D eigenvalue weighted by atomic mass is 9.81. The SMILES string of the molecule is C/C1=C\C=C\[C@@H](CO)[C@@]2(O)C[C@H](OC(=O)N2)[C@@H](C)[C@@H]2O[C@@]2(C)[C@@H](OC(=O)[C@H](C)N(C)C(=O)CCSC2CC(=O)N(CCOCCOCCN3C(=O)CC(SC(c4ccccc4)(c4ccccc4)c4ccccc4)C3=O)C2=O)CC(=O)N(C)c2cc(cc(CO)c2Cl)C1. The molecule has 4 aromatic carbocycles. The summed E-state index contributed by atoms with van der Waals surface area (Å²) in [6.07, 6.45) is 0.694. The number of benzene rings is 4. The quantitative estimate of drug-likeness (QED) is 0.0197. The molecule has 5 aliphatic heterocycles. The number of hydrogen-bond acceptors (Lipinski definition) is 18. The van der Waals surface area contributed by atoms with Crippen molar-refractivity contribution in [3.05, 3.63) is 160 Å². The van der Waals surface area contributed by atoms with E-state index in [4.69, 9.17) is 35.3 Å². The van der Waals surface area contributed by atoms with Crippen molar-refractivity contribution in [1.82, 2.24) is 20.0 Å². The van der Waals surface area contributed by atoms with Crippen LogP contribution in [0.1, 0.15) is 87.6 Å². The van der Waals surface area contributed by atoms with E-state index in [1.165, 1.54) is 47.5 Å². The molecule has 92 heavy (non-hydrogen) atoms. The number of anilines is 1. The number of allylic oxidation sites excluding steroid dienone is 3. The Labute approximate surface area is 549 Å². The molecule has 4 bridgehead atoms. The van der Waals surface area contributed by atoms with Gasteiger partial charge in [-0.1, -0.05) is 139 Å². The largest absolute Gasteiger partial charge is 0.457 e. The standard InChI is InChI=1S/C68H80ClN5O16S2/c1-42-17-16-24-50(41-76)67(85)39-52(88-65(84)70-67)43(2)61-66(4,90-61)55(38-57(78)72(6)51-35-45(33-42)34-46(40-75)60(51)69)89-64(83)44(3)71(5)56(77)25-32-91-53-36-58(79)73(62(53)81)26-28-86-30-31-87-29-27-74-59(80)37-54(63(74)82)92-68(47-18-10-7-11-19-47,48-20-12-8-13-21-48)49-22-14-9-15-23-49/h7-24,34-35,43-44,50,52-55,61,75-76,85H,25-33,36-41H2,1-6H3,(H,70,84)/b24-16+,42-17+/t43-,44+,50+,52+,53?,54?,55+,61+,66+,67+/m1/s1. The summed E-state index contributed by atoms with van der Waals surface area (Å²) in [6, 6.07) is 32.2. The zero-order valence-electron chi connectivity index (χ0n) is 52.4. The Hall–Kier alpha value is -6.93. The average molecular weight is 1320 g/mol. The van der Waals surface area contributed by atoms with Crippen molar-refractivity contribution in [3.63, 3.8) is 0 Å². The van der Waals surface area contributed by atoms with Gasteiger partial charge in [0.25, 0.3) is 0 Å². The third-order valence-electron chi connectivity index (χ3n) is 17.9. The van der Waals surface area contributed by atoms with Crippen LogP contribution in [0.25, 0.3) is 0 Å². The predicted octanol–water partition coefficient (Wildman–Crippen LogP) is 6.73. The van der Waals surface area contributed by atoms with Crippen LogP contribution in [-0.4, -0.2) is 190 Å². The minimum Gasteiger partial charge on any atom is -0.457 e. The van der Waals surface area contributed by atoms with Gasteiger partial charge in [-0.3, -0.25) is 43.9 Å². The van der Waals surface area contributed by atoms with Crippen molar-refractivity contribution >= 4 is 88.3 Å². The molecule has 4 fully saturated rings. The van der Waals surface area contributed by atoms with E-state index in [0.717, 1.165) is 38.9 Å². The highest BCUT2D eigenvalue weighted by Crippen LogP contribution is 2.53. The van der Waals surface area contributed by atoms with Gasteiger partial charge in [0.1, 0.15) is 23.9 Å². The number of imide groups is 2. The fourth-order valence-corrected chi connectivity index (χ4v) is 15.4. The van der Waals surface area contributed by atoms with Crippen molar-refractivity contribution in [2.75, 3.05) is 70.9 Å². The summed E-state index contributed by atoms with van der Waals surface area (Å²) < 4.78 is 28.9. The number of thioether (sulfide) groups is 2. The number of aliphatic hydroxyl groups excluding tert-OH is 2. The number of carbonyl (C=O) groups is 8. The van der Waals surface area contributed by atoms with Gasteiger partial charge < -0.3 is 48.8 Å². The molecular weight excluding hydrogens is 1240 g/mol. The molecule has 492 valence electrons. The summed E-state index contributed by atoms with van der Waals surface area (Å²) in [4.78, 5) is 114. The van der Waals surface area contributed by atoms with Gasteiger partial charge in [-0.25, -0.2) is 9.59 Å². The lowest BCUT2D eigenvalue weighted by Crippen LogP contribution is -2.62. The molecule has 24 heteroatoms. The third kappa shape index (κ3) is 15.5. The summed E-state index contributed by atoms with van der Waals surface area (Å²) in [5.41, 5.74) is 1.85. The molecule has 0 saturated carbocycles. The van der Waals surface area contributed by atoms with Gasteiger partial charge in [-0.2, -0.15) is 0 Å². The van der Waals surface area contributed by atoms with E-state index in [0.29, 0.717) is 17.5 Å². The highest BCUT2D eigenvalue weighted by atomic mass is 35.5. The predicted molar refractivity (Wildman–Crippen MR) is 346 cm³/mol.